The van der Waals surface area contributed by atoms with Gasteiger partial charge in [0.25, 0.3) is 0 Å². The van der Waals surface area contributed by atoms with Crippen molar-refractivity contribution in [2.75, 3.05) is 57.9 Å². The maximum Gasteiger partial charge on any atom is 0.237 e. The lowest BCUT2D eigenvalue weighted by Gasteiger charge is -2.41. The Kier molecular flexibility index (Phi) is 4.32. The Morgan fingerprint density at radius 1 is 1.28 bits per heavy atom. The van der Waals surface area contributed by atoms with E-state index in [0.29, 0.717) is 26.3 Å². The van der Waals surface area contributed by atoms with Crippen LogP contribution in [0.15, 0.2) is 24.3 Å². The van der Waals surface area contributed by atoms with Gasteiger partial charge in [-0.15, -0.1) is 0 Å². The van der Waals surface area contributed by atoms with Crippen molar-refractivity contribution < 1.29 is 14.6 Å². The fourth-order valence-corrected chi connectivity index (χ4v) is 4.59. The Morgan fingerprint density at radius 2 is 2.04 bits per heavy atom. The van der Waals surface area contributed by atoms with Gasteiger partial charge >= 0.3 is 0 Å². The number of ether oxygens (including phenoxy) is 1. The fourth-order valence-electron chi connectivity index (χ4n) is 4.59. The van der Waals surface area contributed by atoms with Crippen molar-refractivity contribution in [2.24, 2.45) is 0 Å². The second-order valence-electron chi connectivity index (χ2n) is 7.69. The van der Waals surface area contributed by atoms with Crippen LogP contribution in [-0.2, 0) is 14.9 Å². The summed E-state index contributed by atoms with van der Waals surface area (Å²) in [7, 11) is 1.87. The number of aliphatic hydroxyl groups is 1. The molecule has 2 fully saturated rings. The number of amides is 1. The second-order valence-corrected chi connectivity index (χ2v) is 7.69. The molecule has 3 heterocycles. The molecule has 3 aliphatic rings. The first kappa shape index (κ1) is 17.0. The van der Waals surface area contributed by atoms with Gasteiger partial charge in [0.1, 0.15) is 5.60 Å². The Bertz CT molecular complexity index is 647. The minimum Gasteiger partial charge on any atom is -0.385 e. The van der Waals surface area contributed by atoms with E-state index in [9.17, 15) is 9.90 Å². The topological polar surface area (TPSA) is 65.0 Å². The van der Waals surface area contributed by atoms with E-state index in [1.165, 1.54) is 5.56 Å². The number of anilines is 1. The number of carbonyl (C=O) groups is 1. The SMILES string of the molecule is CN1C(=O)C2(CCN(C[C@]3(O)CNCCOC3)CC2)c2ccccc21. The zero-order valence-corrected chi connectivity index (χ0v) is 14.8. The molecule has 6 heteroatoms. The van der Waals surface area contributed by atoms with Gasteiger partial charge in [-0.25, -0.2) is 0 Å². The van der Waals surface area contributed by atoms with Crippen LogP contribution in [0.2, 0.25) is 0 Å². The quantitative estimate of drug-likeness (QED) is 0.810. The number of benzene rings is 1. The molecule has 0 saturated carbocycles. The highest BCUT2D eigenvalue weighted by molar-refractivity contribution is 6.07. The summed E-state index contributed by atoms with van der Waals surface area (Å²) in [6, 6.07) is 8.15. The summed E-state index contributed by atoms with van der Waals surface area (Å²) in [5.41, 5.74) is 0.971. The highest BCUT2D eigenvalue weighted by Crippen LogP contribution is 2.47. The lowest BCUT2D eigenvalue weighted by Crippen LogP contribution is -2.55. The molecule has 1 aromatic carbocycles. The summed E-state index contributed by atoms with van der Waals surface area (Å²) in [5.74, 6) is 0.214. The normalized spacial score (nSPS) is 29.7. The van der Waals surface area contributed by atoms with Gasteiger partial charge in [0.15, 0.2) is 0 Å². The zero-order chi connectivity index (χ0) is 17.5. The summed E-state index contributed by atoms with van der Waals surface area (Å²) < 4.78 is 5.52. The van der Waals surface area contributed by atoms with E-state index in [2.05, 4.69) is 16.3 Å². The summed E-state index contributed by atoms with van der Waals surface area (Å²) in [4.78, 5) is 17.1. The van der Waals surface area contributed by atoms with Crippen molar-refractivity contribution in [3.8, 4) is 0 Å². The van der Waals surface area contributed by atoms with Crippen molar-refractivity contribution in [1.29, 1.82) is 0 Å². The molecule has 1 amide bonds. The van der Waals surface area contributed by atoms with E-state index < -0.39 is 5.60 Å². The first-order chi connectivity index (χ1) is 12.0. The predicted octanol–water partition coefficient (Wildman–Crippen LogP) is 0.348. The number of nitrogens with one attached hydrogen (secondary N) is 1. The Hall–Kier alpha value is -1.47. The van der Waals surface area contributed by atoms with Gasteiger partial charge < -0.3 is 25.0 Å². The van der Waals surface area contributed by atoms with E-state index in [-0.39, 0.29) is 11.3 Å². The van der Waals surface area contributed by atoms with Gasteiger partial charge in [0.2, 0.25) is 5.91 Å². The van der Waals surface area contributed by atoms with E-state index in [1.54, 1.807) is 0 Å². The van der Waals surface area contributed by atoms with Crippen LogP contribution in [0.4, 0.5) is 5.69 Å². The number of fused-ring (bicyclic) bond motifs is 2. The number of hydrogen-bond donors (Lipinski definition) is 2. The van der Waals surface area contributed by atoms with Crippen molar-refractivity contribution >= 4 is 11.6 Å². The molecule has 3 aliphatic heterocycles. The largest absolute Gasteiger partial charge is 0.385 e. The average molecular weight is 345 g/mol. The molecular formula is C19H27N3O3. The molecule has 6 nitrogen and oxygen atoms in total. The van der Waals surface area contributed by atoms with Crippen molar-refractivity contribution in [1.82, 2.24) is 10.2 Å². The van der Waals surface area contributed by atoms with Gasteiger partial charge in [-0.2, -0.15) is 0 Å². The molecule has 2 N–H and O–H groups in total. The lowest BCUT2D eigenvalue weighted by atomic mass is 9.73. The summed E-state index contributed by atoms with van der Waals surface area (Å²) in [6.07, 6.45) is 1.61. The number of β-amino-alcohol motifs (C(OH)–C–C–N with tert-alkyl or cyclic N) is 1. The van der Waals surface area contributed by atoms with E-state index in [1.807, 2.05) is 30.1 Å². The number of nitrogens with zero attached hydrogens (tertiary/aromatic N) is 2. The van der Waals surface area contributed by atoms with Crippen LogP contribution in [0.1, 0.15) is 18.4 Å². The van der Waals surface area contributed by atoms with Crippen LogP contribution in [0.25, 0.3) is 0 Å². The molecule has 1 atom stereocenters. The number of para-hydroxylation sites is 1. The Balaban J connectivity index is 1.47. The Labute approximate surface area is 148 Å². The molecule has 2 saturated heterocycles. The number of likely N-dealkylation sites (tertiary alicyclic amines) is 1. The molecule has 1 aromatic rings. The maximum atomic E-state index is 13.0. The third-order valence-electron chi connectivity index (χ3n) is 5.97. The summed E-state index contributed by atoms with van der Waals surface area (Å²) in [6.45, 7) is 4.56. The first-order valence-electron chi connectivity index (χ1n) is 9.15. The number of likely N-dealkylation sites (N-methyl/N-ethyl adjacent to an activating group) is 1. The first-order valence-corrected chi connectivity index (χ1v) is 9.15. The highest BCUT2D eigenvalue weighted by atomic mass is 16.5. The van der Waals surface area contributed by atoms with Gasteiger partial charge in [0, 0.05) is 32.4 Å². The van der Waals surface area contributed by atoms with Crippen LogP contribution in [0.3, 0.4) is 0 Å². The van der Waals surface area contributed by atoms with Crippen LogP contribution in [-0.4, -0.2) is 74.5 Å². The van der Waals surface area contributed by atoms with E-state index in [4.69, 9.17) is 4.74 Å². The van der Waals surface area contributed by atoms with E-state index >= 15 is 0 Å². The molecule has 0 aliphatic carbocycles. The van der Waals surface area contributed by atoms with Crippen molar-refractivity contribution in [3.63, 3.8) is 0 Å². The fraction of sp³-hybridized carbons (Fsp3) is 0.632. The van der Waals surface area contributed by atoms with Crippen LogP contribution >= 0.6 is 0 Å². The molecule has 0 radical (unpaired) electrons. The van der Waals surface area contributed by atoms with Gasteiger partial charge in [-0.1, -0.05) is 18.2 Å². The molecule has 25 heavy (non-hydrogen) atoms. The monoisotopic (exact) mass is 345 g/mol. The predicted molar refractivity (Wildman–Crippen MR) is 95.8 cm³/mol. The summed E-state index contributed by atoms with van der Waals surface area (Å²) in [5, 5.41) is 14.0. The number of rotatable bonds is 2. The van der Waals surface area contributed by atoms with Crippen LogP contribution in [0, 0.1) is 0 Å². The Morgan fingerprint density at radius 3 is 2.84 bits per heavy atom. The van der Waals surface area contributed by atoms with Crippen molar-refractivity contribution in [2.45, 2.75) is 23.9 Å². The molecule has 4 rings (SSSR count). The maximum absolute atomic E-state index is 13.0. The van der Waals surface area contributed by atoms with Gasteiger partial charge in [-0.05, 0) is 37.6 Å². The number of hydrogen-bond acceptors (Lipinski definition) is 5. The smallest absolute Gasteiger partial charge is 0.237 e. The van der Waals surface area contributed by atoms with E-state index in [0.717, 1.165) is 38.2 Å². The van der Waals surface area contributed by atoms with Gasteiger partial charge in [0.05, 0.1) is 18.6 Å². The molecular weight excluding hydrogens is 318 g/mol. The minimum atomic E-state index is -0.852. The third-order valence-corrected chi connectivity index (χ3v) is 5.97. The third kappa shape index (κ3) is 2.87. The highest BCUT2D eigenvalue weighted by Gasteiger charge is 2.51. The second kappa shape index (κ2) is 6.36. The lowest BCUT2D eigenvalue weighted by molar-refractivity contribution is -0.125. The van der Waals surface area contributed by atoms with Crippen molar-refractivity contribution in [3.05, 3.63) is 29.8 Å². The molecule has 0 unspecified atom stereocenters. The molecule has 1 spiro atoms. The van der Waals surface area contributed by atoms with Gasteiger partial charge in [-0.3, -0.25) is 4.79 Å². The molecule has 0 aromatic heterocycles. The zero-order valence-electron chi connectivity index (χ0n) is 14.8. The molecule has 136 valence electrons. The summed E-state index contributed by atoms with van der Waals surface area (Å²) >= 11 is 0. The van der Waals surface area contributed by atoms with Crippen LogP contribution < -0.4 is 10.2 Å². The van der Waals surface area contributed by atoms with Crippen LogP contribution in [0.5, 0.6) is 0 Å². The number of carbonyl (C=O) groups excluding carboxylic acids is 1. The standard InChI is InChI=1S/C19H27N3O3/c1-21-16-5-3-2-4-15(16)19(17(21)23)6-9-22(10-7-19)13-18(24)12-20-8-11-25-14-18/h2-5,20,24H,6-14H2,1H3/t18-/m1/s1. The average Bonchev–Trinajstić information content (AvgIpc) is 2.77. The number of piperidine rings is 1. The molecule has 0 bridgehead atoms. The minimum absolute atomic E-state index is 0.214.